The molecule has 0 amide bonds. The van der Waals surface area contributed by atoms with Gasteiger partial charge in [-0.05, 0) is 25.0 Å². The molecule has 2 N–H and O–H groups in total. The number of ether oxygens (including phenoxy) is 2. The Balaban J connectivity index is 1.51. The van der Waals surface area contributed by atoms with E-state index in [-0.39, 0.29) is 0 Å². The molecule has 41 heavy (non-hydrogen) atoms. The Morgan fingerprint density at radius 3 is 1.27 bits per heavy atom. The molecule has 2 heterocycles. The molecule has 0 aliphatic carbocycles. The Labute approximate surface area is 252 Å². The van der Waals surface area contributed by atoms with Crippen molar-refractivity contribution in [3.05, 3.63) is 49.1 Å². The number of hydrogen-bond acceptors (Lipinski definition) is 4. The maximum absolute atomic E-state index is 5.91. The van der Waals surface area contributed by atoms with Crippen LogP contribution in [0.3, 0.4) is 0 Å². The van der Waals surface area contributed by atoms with Crippen molar-refractivity contribution in [2.75, 3.05) is 30.5 Å². The molecule has 0 saturated heterocycles. The van der Waals surface area contributed by atoms with E-state index in [1.54, 1.807) is 0 Å². The van der Waals surface area contributed by atoms with E-state index in [1.165, 1.54) is 103 Å². The summed E-state index contributed by atoms with van der Waals surface area (Å²) in [5, 5.41) is 6.92. The van der Waals surface area contributed by atoms with Crippen LogP contribution in [0.5, 0.6) is 0 Å². The van der Waals surface area contributed by atoms with Crippen molar-refractivity contribution < 1.29 is 18.6 Å². The van der Waals surface area contributed by atoms with Crippen LogP contribution < -0.4 is 19.8 Å². The summed E-state index contributed by atoms with van der Waals surface area (Å²) >= 11 is 0. The minimum absolute atomic E-state index is 0.595. The van der Waals surface area contributed by atoms with Gasteiger partial charge in [0.1, 0.15) is 11.4 Å². The second kappa shape index (κ2) is 25.5. The highest BCUT2D eigenvalue weighted by molar-refractivity contribution is 5.43. The highest BCUT2D eigenvalue weighted by atomic mass is 16.5. The van der Waals surface area contributed by atoms with Crippen molar-refractivity contribution in [1.82, 2.24) is 0 Å². The maximum Gasteiger partial charge on any atom is 0.252 e. The SMILES string of the molecule is CCCCCCCCCCCOC[n+]1cccc(NCNc2ccc[n+](COCCCCCCCCCCC)c2)c1. The second-order valence-corrected chi connectivity index (χ2v) is 11.5. The van der Waals surface area contributed by atoms with Gasteiger partial charge in [0.05, 0.1) is 19.9 Å². The van der Waals surface area contributed by atoms with Gasteiger partial charge >= 0.3 is 0 Å². The number of pyridine rings is 2. The molecule has 0 bridgehead atoms. The van der Waals surface area contributed by atoms with Gasteiger partial charge in [-0.25, -0.2) is 0 Å². The highest BCUT2D eigenvalue weighted by Crippen LogP contribution is 2.11. The van der Waals surface area contributed by atoms with E-state index in [1.807, 2.05) is 0 Å². The number of anilines is 2. The van der Waals surface area contributed by atoms with Gasteiger partial charge in [-0.2, -0.15) is 9.13 Å². The average Bonchev–Trinajstić information content (AvgIpc) is 2.99. The van der Waals surface area contributed by atoms with Crippen molar-refractivity contribution >= 4 is 11.4 Å². The Morgan fingerprint density at radius 1 is 0.512 bits per heavy atom. The van der Waals surface area contributed by atoms with E-state index >= 15 is 0 Å². The molecule has 6 nitrogen and oxygen atoms in total. The molecular weight excluding hydrogens is 508 g/mol. The van der Waals surface area contributed by atoms with Crippen LogP contribution >= 0.6 is 0 Å². The van der Waals surface area contributed by atoms with Crippen LogP contribution in [0.2, 0.25) is 0 Å². The molecule has 2 aromatic heterocycles. The lowest BCUT2D eigenvalue weighted by Crippen LogP contribution is -2.35. The largest absolute Gasteiger partial charge is 0.363 e. The smallest absolute Gasteiger partial charge is 0.252 e. The van der Waals surface area contributed by atoms with Crippen molar-refractivity contribution in [2.45, 2.75) is 143 Å². The standard InChI is InChI=1S/C35H62N4O2/c1-3-5-7-9-11-13-15-17-19-27-40-32-38-25-21-23-34(29-38)36-31-37-35-24-22-26-39(30-35)33-41-28-20-18-16-14-12-10-8-6-4-2/h21-26,29-30,36-37H,3-20,27-28,31-33H2,1-2H3/q+2. The van der Waals surface area contributed by atoms with Crippen LogP contribution in [0.15, 0.2) is 49.1 Å². The predicted octanol–water partition coefficient (Wildman–Crippen LogP) is 8.75. The molecule has 2 aromatic rings. The monoisotopic (exact) mass is 570 g/mol. The first-order chi connectivity index (χ1) is 20.3. The Hall–Kier alpha value is -2.18. The Morgan fingerprint density at radius 2 is 0.878 bits per heavy atom. The van der Waals surface area contributed by atoms with Crippen LogP contribution in [-0.4, -0.2) is 19.9 Å². The minimum atomic E-state index is 0.595. The normalized spacial score (nSPS) is 11.2. The summed E-state index contributed by atoms with van der Waals surface area (Å²) in [6, 6.07) is 8.30. The Bertz CT molecular complexity index is 794. The van der Waals surface area contributed by atoms with Crippen LogP contribution in [0.1, 0.15) is 129 Å². The topological polar surface area (TPSA) is 50.3 Å². The molecule has 0 fully saturated rings. The van der Waals surface area contributed by atoms with E-state index in [0.29, 0.717) is 20.1 Å². The minimum Gasteiger partial charge on any atom is -0.363 e. The zero-order valence-electron chi connectivity index (χ0n) is 26.6. The number of nitrogens with zero attached hydrogens (tertiary/aromatic N) is 2. The first-order valence-corrected chi connectivity index (χ1v) is 16.9. The molecule has 0 radical (unpaired) electrons. The van der Waals surface area contributed by atoms with Crippen molar-refractivity contribution in [2.24, 2.45) is 0 Å². The molecular formula is C35H62N4O2+2. The van der Waals surface area contributed by atoms with Crippen molar-refractivity contribution in [1.29, 1.82) is 0 Å². The van der Waals surface area contributed by atoms with E-state index in [2.05, 4.69) is 82.7 Å². The summed E-state index contributed by atoms with van der Waals surface area (Å²) in [7, 11) is 0. The molecule has 0 unspecified atom stereocenters. The molecule has 0 aromatic carbocycles. The van der Waals surface area contributed by atoms with Crippen molar-refractivity contribution in [3.8, 4) is 0 Å². The molecule has 0 spiro atoms. The molecule has 0 saturated carbocycles. The second-order valence-electron chi connectivity index (χ2n) is 11.5. The van der Waals surface area contributed by atoms with Gasteiger partial charge in [0.25, 0.3) is 13.5 Å². The van der Waals surface area contributed by atoms with Gasteiger partial charge in [0.2, 0.25) is 0 Å². The predicted molar refractivity (Wildman–Crippen MR) is 172 cm³/mol. The summed E-state index contributed by atoms with van der Waals surface area (Å²) in [5.41, 5.74) is 2.14. The molecule has 6 heteroatoms. The van der Waals surface area contributed by atoms with Gasteiger partial charge in [0.15, 0.2) is 24.8 Å². The van der Waals surface area contributed by atoms with Crippen LogP contribution in [0.25, 0.3) is 0 Å². The quantitative estimate of drug-likeness (QED) is 0.0610. The van der Waals surface area contributed by atoms with Gasteiger partial charge in [-0.15, -0.1) is 0 Å². The summed E-state index contributed by atoms with van der Waals surface area (Å²) in [6.45, 7) is 8.05. The van der Waals surface area contributed by atoms with Gasteiger partial charge in [-0.1, -0.05) is 117 Å². The lowest BCUT2D eigenvalue weighted by atomic mass is 10.1. The third kappa shape index (κ3) is 19.6. The molecule has 0 atom stereocenters. The van der Waals surface area contributed by atoms with Gasteiger partial charge in [-0.3, -0.25) is 0 Å². The number of hydrogen-bond donors (Lipinski definition) is 2. The van der Waals surface area contributed by atoms with Crippen LogP contribution in [0, 0.1) is 0 Å². The third-order valence-electron chi connectivity index (χ3n) is 7.57. The summed E-state index contributed by atoms with van der Waals surface area (Å²) < 4.78 is 16.0. The fourth-order valence-electron chi connectivity index (χ4n) is 5.03. The van der Waals surface area contributed by atoms with E-state index in [9.17, 15) is 0 Å². The van der Waals surface area contributed by atoms with Gasteiger partial charge in [0, 0.05) is 12.1 Å². The van der Waals surface area contributed by atoms with Gasteiger partial charge < -0.3 is 20.1 Å². The van der Waals surface area contributed by atoms with E-state index in [4.69, 9.17) is 9.47 Å². The lowest BCUT2D eigenvalue weighted by Gasteiger charge is -2.08. The fourth-order valence-corrected chi connectivity index (χ4v) is 5.03. The maximum atomic E-state index is 5.91. The summed E-state index contributed by atoms with van der Waals surface area (Å²) in [6.07, 6.45) is 32.4. The Kier molecular flexibility index (Phi) is 21.8. The summed E-state index contributed by atoms with van der Waals surface area (Å²) in [5.74, 6) is 0. The highest BCUT2D eigenvalue weighted by Gasteiger charge is 2.05. The van der Waals surface area contributed by atoms with Crippen LogP contribution in [0.4, 0.5) is 11.4 Å². The molecule has 0 aliphatic rings. The fraction of sp³-hybridized carbons (Fsp3) is 0.714. The molecule has 232 valence electrons. The zero-order chi connectivity index (χ0) is 29.1. The van der Waals surface area contributed by atoms with Crippen molar-refractivity contribution in [3.63, 3.8) is 0 Å². The zero-order valence-corrected chi connectivity index (χ0v) is 26.6. The lowest BCUT2D eigenvalue weighted by molar-refractivity contribution is -0.732. The van der Waals surface area contributed by atoms with Crippen LogP contribution in [-0.2, 0) is 22.9 Å². The van der Waals surface area contributed by atoms with E-state index in [0.717, 1.165) is 37.4 Å². The first-order valence-electron chi connectivity index (χ1n) is 16.9. The average molecular weight is 571 g/mol. The number of rotatable bonds is 28. The number of nitrogens with one attached hydrogen (secondary N) is 2. The summed E-state index contributed by atoms with van der Waals surface area (Å²) in [4.78, 5) is 0. The molecule has 0 aliphatic heterocycles. The first kappa shape index (κ1) is 35.0. The molecule has 2 rings (SSSR count). The third-order valence-corrected chi connectivity index (χ3v) is 7.57. The number of unbranched alkanes of at least 4 members (excludes halogenated alkanes) is 16. The number of aromatic nitrogens is 2. The van der Waals surface area contributed by atoms with E-state index < -0.39 is 0 Å².